The van der Waals surface area contributed by atoms with Crippen molar-refractivity contribution in [2.45, 2.75) is 51.5 Å². The minimum atomic E-state index is 0.602. The molecular weight excluding hydrogens is 194 g/mol. The van der Waals surface area contributed by atoms with E-state index in [-0.39, 0.29) is 0 Å². The highest BCUT2D eigenvalue weighted by Gasteiger charge is 2.16. The van der Waals surface area contributed by atoms with Gasteiger partial charge in [0, 0.05) is 6.04 Å². The average molecular weight is 217 g/mol. The topological polar surface area (TPSA) is 12.0 Å². The Morgan fingerprint density at radius 3 is 3.00 bits per heavy atom. The number of nitrogens with one attached hydrogen (secondary N) is 1. The molecule has 1 nitrogen and oxygen atoms in total. The highest BCUT2D eigenvalue weighted by Crippen LogP contribution is 2.28. The smallest absolute Gasteiger partial charge is 0.0322 e. The van der Waals surface area contributed by atoms with Gasteiger partial charge in [0.15, 0.2) is 0 Å². The maximum Gasteiger partial charge on any atom is 0.0322 e. The summed E-state index contributed by atoms with van der Waals surface area (Å²) in [4.78, 5) is 0. The maximum absolute atomic E-state index is 3.72. The van der Waals surface area contributed by atoms with E-state index in [1.807, 2.05) is 0 Å². The van der Waals surface area contributed by atoms with Gasteiger partial charge < -0.3 is 5.32 Å². The molecule has 1 aliphatic rings. The largest absolute Gasteiger partial charge is 0.310 e. The minimum Gasteiger partial charge on any atom is -0.310 e. The Morgan fingerprint density at radius 2 is 2.12 bits per heavy atom. The summed E-state index contributed by atoms with van der Waals surface area (Å²) in [6.45, 7) is 3.41. The lowest BCUT2D eigenvalue weighted by atomic mass is 9.99. The Bertz CT molecular complexity index is 319. The maximum atomic E-state index is 3.72. The van der Waals surface area contributed by atoms with Crippen LogP contribution in [0.5, 0.6) is 0 Å². The normalized spacial score (nSPS) is 20.2. The van der Waals surface area contributed by atoms with E-state index < -0.39 is 0 Å². The number of hydrogen-bond acceptors (Lipinski definition) is 1. The third-order valence-corrected chi connectivity index (χ3v) is 3.54. The monoisotopic (exact) mass is 217 g/mol. The molecule has 88 valence electrons. The molecule has 0 fully saturated rings. The lowest BCUT2D eigenvalue weighted by Crippen LogP contribution is -2.22. The Labute approximate surface area is 99.3 Å². The van der Waals surface area contributed by atoms with Crippen LogP contribution in [-0.4, -0.2) is 6.54 Å². The number of unbranched alkanes of at least 4 members (excludes halogenated alkanes) is 1. The zero-order valence-electron chi connectivity index (χ0n) is 10.3. The van der Waals surface area contributed by atoms with E-state index in [9.17, 15) is 0 Å². The van der Waals surface area contributed by atoms with Gasteiger partial charge in [-0.1, -0.05) is 44.0 Å². The lowest BCUT2D eigenvalue weighted by Gasteiger charge is -2.19. The van der Waals surface area contributed by atoms with Crippen LogP contribution in [0.2, 0.25) is 0 Å². The zero-order valence-corrected chi connectivity index (χ0v) is 10.3. The summed E-state index contributed by atoms with van der Waals surface area (Å²) in [6, 6.07) is 9.57. The zero-order chi connectivity index (χ0) is 11.2. The standard InChI is InChI=1S/C15H23N/c1-2-3-12-16-15-11-7-5-9-13-8-4-6-10-14(13)15/h4,6,8,10,15-16H,2-3,5,7,9,11-12H2,1H3. The molecule has 1 heteroatoms. The summed E-state index contributed by atoms with van der Waals surface area (Å²) in [5.41, 5.74) is 3.12. The predicted octanol–water partition coefficient (Wildman–Crippen LogP) is 3.84. The molecular formula is C15H23N. The van der Waals surface area contributed by atoms with Crippen LogP contribution in [-0.2, 0) is 6.42 Å². The first-order valence-electron chi connectivity index (χ1n) is 6.73. The fourth-order valence-corrected chi connectivity index (χ4v) is 2.59. The fraction of sp³-hybridized carbons (Fsp3) is 0.600. The van der Waals surface area contributed by atoms with Crippen LogP contribution >= 0.6 is 0 Å². The Morgan fingerprint density at radius 1 is 1.25 bits per heavy atom. The molecule has 0 bridgehead atoms. The molecule has 0 aromatic heterocycles. The molecule has 1 N–H and O–H groups in total. The van der Waals surface area contributed by atoms with Gasteiger partial charge in [-0.25, -0.2) is 0 Å². The van der Waals surface area contributed by atoms with Crippen molar-refractivity contribution in [3.05, 3.63) is 35.4 Å². The molecule has 1 aromatic carbocycles. The van der Waals surface area contributed by atoms with Gasteiger partial charge in [-0.2, -0.15) is 0 Å². The summed E-state index contributed by atoms with van der Waals surface area (Å²) in [5.74, 6) is 0. The Kier molecular flexibility index (Phi) is 4.41. The summed E-state index contributed by atoms with van der Waals surface area (Å²) in [7, 11) is 0. The second-order valence-electron chi connectivity index (χ2n) is 4.80. The molecule has 1 unspecified atom stereocenters. The summed E-state index contributed by atoms with van der Waals surface area (Å²) < 4.78 is 0. The predicted molar refractivity (Wildman–Crippen MR) is 69.6 cm³/mol. The van der Waals surface area contributed by atoms with Gasteiger partial charge in [-0.15, -0.1) is 0 Å². The van der Waals surface area contributed by atoms with Gasteiger partial charge >= 0.3 is 0 Å². The van der Waals surface area contributed by atoms with Gasteiger partial charge in [0.1, 0.15) is 0 Å². The summed E-state index contributed by atoms with van der Waals surface area (Å²) in [5, 5.41) is 3.72. The van der Waals surface area contributed by atoms with Crippen molar-refractivity contribution in [1.82, 2.24) is 5.32 Å². The molecule has 2 rings (SSSR count). The highest BCUT2D eigenvalue weighted by molar-refractivity contribution is 5.31. The molecule has 0 saturated heterocycles. The van der Waals surface area contributed by atoms with Crippen molar-refractivity contribution in [2.24, 2.45) is 0 Å². The van der Waals surface area contributed by atoms with Gasteiger partial charge in [-0.05, 0) is 43.4 Å². The minimum absolute atomic E-state index is 0.602. The number of hydrogen-bond donors (Lipinski definition) is 1. The molecule has 16 heavy (non-hydrogen) atoms. The van der Waals surface area contributed by atoms with Crippen LogP contribution < -0.4 is 5.32 Å². The molecule has 0 amide bonds. The molecule has 0 spiro atoms. The van der Waals surface area contributed by atoms with Crippen LogP contribution in [0, 0.1) is 0 Å². The number of rotatable bonds is 4. The third-order valence-electron chi connectivity index (χ3n) is 3.54. The fourth-order valence-electron chi connectivity index (χ4n) is 2.59. The number of benzene rings is 1. The van der Waals surface area contributed by atoms with E-state index in [1.54, 1.807) is 11.1 Å². The van der Waals surface area contributed by atoms with E-state index in [2.05, 4.69) is 36.5 Å². The van der Waals surface area contributed by atoms with Gasteiger partial charge in [0.05, 0.1) is 0 Å². The quantitative estimate of drug-likeness (QED) is 0.597. The van der Waals surface area contributed by atoms with Crippen molar-refractivity contribution >= 4 is 0 Å². The highest BCUT2D eigenvalue weighted by atomic mass is 14.9. The van der Waals surface area contributed by atoms with E-state index in [4.69, 9.17) is 0 Å². The number of aryl methyl sites for hydroxylation is 1. The molecule has 1 aromatic rings. The molecule has 0 radical (unpaired) electrons. The first-order valence-corrected chi connectivity index (χ1v) is 6.73. The first-order chi connectivity index (χ1) is 7.92. The number of fused-ring (bicyclic) bond motifs is 1. The molecule has 0 aliphatic heterocycles. The summed E-state index contributed by atoms with van der Waals surface area (Å²) >= 11 is 0. The van der Waals surface area contributed by atoms with Crippen molar-refractivity contribution in [3.8, 4) is 0 Å². The third kappa shape index (κ3) is 2.85. The van der Waals surface area contributed by atoms with E-state index in [0.29, 0.717) is 6.04 Å². The van der Waals surface area contributed by atoms with Crippen LogP contribution in [0.1, 0.15) is 56.2 Å². The van der Waals surface area contributed by atoms with Crippen LogP contribution in [0.4, 0.5) is 0 Å². The van der Waals surface area contributed by atoms with Crippen LogP contribution in [0.25, 0.3) is 0 Å². The SMILES string of the molecule is CCCCNC1CCCCc2ccccc21. The first kappa shape index (κ1) is 11.7. The van der Waals surface area contributed by atoms with Crippen molar-refractivity contribution in [3.63, 3.8) is 0 Å². The van der Waals surface area contributed by atoms with Crippen LogP contribution in [0.15, 0.2) is 24.3 Å². The molecule has 1 aliphatic carbocycles. The summed E-state index contributed by atoms with van der Waals surface area (Å²) in [6.07, 6.45) is 7.85. The van der Waals surface area contributed by atoms with E-state index in [0.717, 1.165) is 6.54 Å². The Hall–Kier alpha value is -0.820. The van der Waals surface area contributed by atoms with Gasteiger partial charge in [0.2, 0.25) is 0 Å². The second kappa shape index (κ2) is 6.05. The van der Waals surface area contributed by atoms with Crippen molar-refractivity contribution < 1.29 is 0 Å². The average Bonchev–Trinajstić information content (AvgIpc) is 2.52. The van der Waals surface area contributed by atoms with E-state index >= 15 is 0 Å². The van der Waals surface area contributed by atoms with E-state index in [1.165, 1.54) is 38.5 Å². The van der Waals surface area contributed by atoms with Crippen molar-refractivity contribution in [2.75, 3.05) is 6.54 Å². The molecule has 0 saturated carbocycles. The van der Waals surface area contributed by atoms with Gasteiger partial charge in [-0.3, -0.25) is 0 Å². The second-order valence-corrected chi connectivity index (χ2v) is 4.80. The van der Waals surface area contributed by atoms with Crippen LogP contribution in [0.3, 0.4) is 0 Å². The molecule has 0 heterocycles. The lowest BCUT2D eigenvalue weighted by molar-refractivity contribution is 0.482. The molecule has 1 atom stereocenters. The Balaban J connectivity index is 2.06. The van der Waals surface area contributed by atoms with Crippen molar-refractivity contribution in [1.29, 1.82) is 0 Å². The van der Waals surface area contributed by atoms with Gasteiger partial charge in [0.25, 0.3) is 0 Å².